The molecule has 0 unspecified atom stereocenters. The Morgan fingerprint density at radius 3 is 2.56 bits per heavy atom. The highest BCUT2D eigenvalue weighted by molar-refractivity contribution is 5.95. The molecule has 0 aliphatic heterocycles. The first-order chi connectivity index (χ1) is 12.8. The van der Waals surface area contributed by atoms with E-state index >= 15 is 0 Å². The van der Waals surface area contributed by atoms with Gasteiger partial charge in [-0.25, -0.2) is 0 Å². The SMILES string of the molecule is CC1=CC(=O)[C@H]2C(C)(C)CC[C@@H](OCOCc3ccccc3)[C@]2(C)[C@@H]1CO. The van der Waals surface area contributed by atoms with E-state index in [1.807, 2.05) is 37.3 Å². The summed E-state index contributed by atoms with van der Waals surface area (Å²) in [5.41, 5.74) is 1.52. The quantitative estimate of drug-likeness (QED) is 0.603. The summed E-state index contributed by atoms with van der Waals surface area (Å²) < 4.78 is 11.9. The number of carbonyl (C=O) groups excluding carboxylic acids is 1. The number of hydrogen-bond donors (Lipinski definition) is 1. The van der Waals surface area contributed by atoms with Crippen molar-refractivity contribution in [3.63, 3.8) is 0 Å². The number of rotatable bonds is 6. The van der Waals surface area contributed by atoms with E-state index in [1.54, 1.807) is 6.08 Å². The molecule has 1 aromatic rings. The third-order valence-corrected chi connectivity index (χ3v) is 6.75. The van der Waals surface area contributed by atoms with E-state index in [2.05, 4.69) is 20.8 Å². The van der Waals surface area contributed by atoms with Crippen LogP contribution >= 0.6 is 0 Å². The van der Waals surface area contributed by atoms with Gasteiger partial charge >= 0.3 is 0 Å². The summed E-state index contributed by atoms with van der Waals surface area (Å²) in [6, 6.07) is 10.0. The molecule has 0 spiro atoms. The Labute approximate surface area is 162 Å². The lowest BCUT2D eigenvalue weighted by Gasteiger charge is -2.58. The zero-order valence-corrected chi connectivity index (χ0v) is 16.9. The molecule has 1 fully saturated rings. The number of aliphatic hydroxyl groups excluding tert-OH is 1. The average molecular weight is 373 g/mol. The van der Waals surface area contributed by atoms with Crippen LogP contribution in [0.5, 0.6) is 0 Å². The Morgan fingerprint density at radius 1 is 1.19 bits per heavy atom. The average Bonchev–Trinajstić information content (AvgIpc) is 2.60. The normalized spacial score (nSPS) is 32.7. The molecule has 1 saturated carbocycles. The smallest absolute Gasteiger partial charge is 0.159 e. The number of carbonyl (C=O) groups is 1. The van der Waals surface area contributed by atoms with E-state index in [1.165, 1.54) is 0 Å². The molecule has 2 aliphatic rings. The highest BCUT2D eigenvalue weighted by atomic mass is 16.7. The number of benzene rings is 1. The zero-order valence-electron chi connectivity index (χ0n) is 16.9. The number of hydrogen-bond acceptors (Lipinski definition) is 4. The number of allylic oxidation sites excluding steroid dienone is 1. The van der Waals surface area contributed by atoms with Gasteiger partial charge < -0.3 is 14.6 Å². The highest BCUT2D eigenvalue weighted by Gasteiger charge is 2.60. The van der Waals surface area contributed by atoms with Crippen LogP contribution in [0.25, 0.3) is 0 Å². The molecule has 3 rings (SSSR count). The Kier molecular flexibility index (Phi) is 5.90. The fourth-order valence-electron chi connectivity index (χ4n) is 5.47. The Bertz CT molecular complexity index is 694. The first-order valence-corrected chi connectivity index (χ1v) is 9.87. The van der Waals surface area contributed by atoms with Crippen LogP contribution in [-0.2, 0) is 20.9 Å². The van der Waals surface area contributed by atoms with Crippen LogP contribution in [0.15, 0.2) is 42.0 Å². The zero-order chi connectivity index (χ0) is 19.7. The van der Waals surface area contributed by atoms with Crippen LogP contribution in [0.2, 0.25) is 0 Å². The Hall–Kier alpha value is -1.49. The number of ketones is 1. The van der Waals surface area contributed by atoms with Gasteiger partial charge in [0.25, 0.3) is 0 Å². The first kappa shape index (κ1) is 20.2. The number of aliphatic hydroxyl groups is 1. The van der Waals surface area contributed by atoms with Gasteiger partial charge in [0.05, 0.1) is 19.3 Å². The maximum atomic E-state index is 12.9. The van der Waals surface area contributed by atoms with Crippen LogP contribution in [0.3, 0.4) is 0 Å². The molecule has 0 saturated heterocycles. The molecule has 0 heterocycles. The van der Waals surface area contributed by atoms with Gasteiger partial charge in [-0.1, -0.05) is 56.7 Å². The minimum absolute atomic E-state index is 0.0312. The molecule has 4 nitrogen and oxygen atoms in total. The van der Waals surface area contributed by atoms with Crippen LogP contribution in [-0.4, -0.2) is 30.4 Å². The van der Waals surface area contributed by atoms with Gasteiger partial charge in [0.1, 0.15) is 6.79 Å². The van der Waals surface area contributed by atoms with Crippen molar-refractivity contribution >= 4 is 5.78 Å². The van der Waals surface area contributed by atoms with Gasteiger partial charge in [-0.3, -0.25) is 4.79 Å². The molecule has 0 bridgehead atoms. The molecule has 0 amide bonds. The minimum atomic E-state index is -0.428. The molecule has 0 aromatic heterocycles. The second kappa shape index (κ2) is 7.86. The summed E-state index contributed by atoms with van der Waals surface area (Å²) in [6.07, 6.45) is 3.42. The lowest BCUT2D eigenvalue weighted by Crippen LogP contribution is -2.60. The lowest BCUT2D eigenvalue weighted by molar-refractivity contribution is -0.198. The van der Waals surface area contributed by atoms with Gasteiger partial charge in [-0.15, -0.1) is 0 Å². The van der Waals surface area contributed by atoms with E-state index < -0.39 is 5.41 Å². The standard InChI is InChI=1S/C23H32O4/c1-16-12-19(25)21-22(2,3)11-10-20(23(21,4)18(16)13-24)27-15-26-14-17-8-6-5-7-9-17/h5-9,12,18,20-21,24H,10-11,13-15H2,1-4H3/t18-,20-,21+,23+/m1/s1. The van der Waals surface area contributed by atoms with Crippen molar-refractivity contribution in [2.24, 2.45) is 22.7 Å². The van der Waals surface area contributed by atoms with Crippen molar-refractivity contribution in [1.29, 1.82) is 0 Å². The largest absolute Gasteiger partial charge is 0.396 e. The molecule has 2 aliphatic carbocycles. The second-order valence-corrected chi connectivity index (χ2v) is 8.96. The summed E-state index contributed by atoms with van der Waals surface area (Å²) in [4.78, 5) is 12.9. The van der Waals surface area contributed by atoms with Crippen molar-refractivity contribution in [1.82, 2.24) is 0 Å². The molecule has 1 aromatic carbocycles. The molecule has 4 atom stereocenters. The number of ether oxygens (including phenoxy) is 2. The van der Waals surface area contributed by atoms with Crippen LogP contribution in [0.4, 0.5) is 0 Å². The van der Waals surface area contributed by atoms with E-state index in [-0.39, 0.29) is 42.5 Å². The van der Waals surface area contributed by atoms with Gasteiger partial charge in [-0.2, -0.15) is 0 Å². The van der Waals surface area contributed by atoms with Crippen molar-refractivity contribution in [2.45, 2.75) is 53.2 Å². The molecule has 4 heteroatoms. The van der Waals surface area contributed by atoms with E-state index in [0.29, 0.717) is 6.61 Å². The van der Waals surface area contributed by atoms with Gasteiger partial charge in [0, 0.05) is 17.3 Å². The fourth-order valence-corrected chi connectivity index (χ4v) is 5.47. The van der Waals surface area contributed by atoms with Crippen LogP contribution < -0.4 is 0 Å². The second-order valence-electron chi connectivity index (χ2n) is 8.96. The van der Waals surface area contributed by atoms with Gasteiger partial charge in [0.15, 0.2) is 5.78 Å². The predicted octanol–water partition coefficient (Wildman–Crippen LogP) is 4.13. The fraction of sp³-hybridized carbons (Fsp3) is 0.609. The topological polar surface area (TPSA) is 55.8 Å². The van der Waals surface area contributed by atoms with Crippen molar-refractivity contribution in [2.75, 3.05) is 13.4 Å². The summed E-state index contributed by atoms with van der Waals surface area (Å²) in [7, 11) is 0. The van der Waals surface area contributed by atoms with Crippen molar-refractivity contribution in [3.8, 4) is 0 Å². The number of fused-ring (bicyclic) bond motifs is 1. The molecule has 1 N–H and O–H groups in total. The molecule has 0 radical (unpaired) electrons. The summed E-state index contributed by atoms with van der Waals surface area (Å²) in [5.74, 6) is -0.0548. The van der Waals surface area contributed by atoms with Crippen molar-refractivity contribution < 1.29 is 19.4 Å². The predicted molar refractivity (Wildman–Crippen MR) is 105 cm³/mol. The minimum Gasteiger partial charge on any atom is -0.396 e. The van der Waals surface area contributed by atoms with Gasteiger partial charge in [-0.05, 0) is 36.8 Å². The molecular weight excluding hydrogens is 340 g/mol. The molecular formula is C23H32O4. The van der Waals surface area contributed by atoms with Crippen molar-refractivity contribution in [3.05, 3.63) is 47.5 Å². The maximum Gasteiger partial charge on any atom is 0.159 e. The third-order valence-electron chi connectivity index (χ3n) is 6.75. The van der Waals surface area contributed by atoms with Crippen LogP contribution in [0, 0.1) is 22.7 Å². The van der Waals surface area contributed by atoms with Gasteiger partial charge in [0.2, 0.25) is 0 Å². The van der Waals surface area contributed by atoms with E-state index in [9.17, 15) is 9.90 Å². The summed E-state index contributed by atoms with van der Waals surface area (Å²) in [6.45, 7) is 9.12. The Morgan fingerprint density at radius 2 is 1.89 bits per heavy atom. The lowest BCUT2D eigenvalue weighted by atomic mass is 9.47. The monoisotopic (exact) mass is 372 g/mol. The first-order valence-electron chi connectivity index (χ1n) is 9.87. The van der Waals surface area contributed by atoms with E-state index in [4.69, 9.17) is 9.47 Å². The van der Waals surface area contributed by atoms with E-state index in [0.717, 1.165) is 24.0 Å². The molecule has 148 valence electrons. The third kappa shape index (κ3) is 3.75. The summed E-state index contributed by atoms with van der Waals surface area (Å²) in [5, 5.41) is 10.1. The summed E-state index contributed by atoms with van der Waals surface area (Å²) >= 11 is 0. The van der Waals surface area contributed by atoms with Crippen LogP contribution in [0.1, 0.15) is 46.1 Å². The Balaban J connectivity index is 1.75. The molecule has 27 heavy (non-hydrogen) atoms. The highest BCUT2D eigenvalue weighted by Crippen LogP contribution is 2.59. The maximum absolute atomic E-state index is 12.9.